The van der Waals surface area contributed by atoms with Gasteiger partial charge in [0.15, 0.2) is 0 Å². The van der Waals surface area contributed by atoms with Gasteiger partial charge in [-0.15, -0.1) is 0 Å². The zero-order chi connectivity index (χ0) is 46.8. The van der Waals surface area contributed by atoms with Crippen molar-refractivity contribution in [1.29, 1.82) is 0 Å². The zero-order valence-corrected chi connectivity index (χ0v) is 39.5. The molecule has 2 fully saturated rings. The van der Waals surface area contributed by atoms with Crippen molar-refractivity contribution < 1.29 is 62.8 Å². The molecule has 11 nitrogen and oxygen atoms in total. The number of carbonyl (C=O) groups excluding carboxylic acids is 3. The first-order valence-corrected chi connectivity index (χ1v) is 23.2. The number of carboxylic acid groups (broad SMARTS) is 1. The van der Waals surface area contributed by atoms with Gasteiger partial charge in [-0.3, -0.25) is 9.59 Å². The number of hydrogen-bond acceptors (Lipinski definition) is 8. The van der Waals surface area contributed by atoms with Gasteiger partial charge < -0.3 is 34.6 Å². The average Bonchev–Trinajstić information content (AvgIpc) is 4.02. The largest absolute Gasteiger partial charge is 1.00 e. The molecule has 8 rings (SSSR count). The average molecular weight is 925 g/mol. The van der Waals surface area contributed by atoms with E-state index in [9.17, 15) is 24.3 Å². The van der Waals surface area contributed by atoms with Crippen LogP contribution in [0.5, 0.6) is 0 Å². The predicted octanol–water partition coefficient (Wildman–Crippen LogP) is 5.96. The van der Waals surface area contributed by atoms with Crippen LogP contribution in [0.15, 0.2) is 182 Å². The maximum Gasteiger partial charge on any atom is 1.00 e. The van der Waals surface area contributed by atoms with Gasteiger partial charge in [0.2, 0.25) is 11.8 Å². The smallest absolute Gasteiger partial charge is 0.870 e. The van der Waals surface area contributed by atoms with E-state index in [2.05, 4.69) is 24.3 Å². The number of rotatable bonds is 18. The molecule has 2 heterocycles. The van der Waals surface area contributed by atoms with Crippen molar-refractivity contribution in [2.75, 3.05) is 33.4 Å². The molecule has 354 valence electrons. The van der Waals surface area contributed by atoms with Crippen molar-refractivity contribution in [3.05, 3.63) is 215 Å². The normalized spacial score (nSPS) is 17.3. The summed E-state index contributed by atoms with van der Waals surface area (Å²) >= 11 is 0. The number of aryl methyl sites for hydroxylation is 2. The first kappa shape index (κ1) is 53.6. The maximum atomic E-state index is 13.9. The molecule has 0 aliphatic carbocycles. The summed E-state index contributed by atoms with van der Waals surface area (Å²) in [5.41, 5.74) is 6.02. The zero-order valence-electron chi connectivity index (χ0n) is 39.5. The van der Waals surface area contributed by atoms with Crippen molar-refractivity contribution in [3.8, 4) is 0 Å². The van der Waals surface area contributed by atoms with Crippen LogP contribution in [0.2, 0.25) is 0 Å². The second kappa shape index (κ2) is 27.6. The van der Waals surface area contributed by atoms with Crippen LogP contribution in [-0.4, -0.2) is 102 Å². The van der Waals surface area contributed by atoms with Crippen LogP contribution < -0.4 is 18.9 Å². The Labute approximate surface area is 417 Å². The minimum Gasteiger partial charge on any atom is -0.870 e. The van der Waals surface area contributed by atoms with Crippen LogP contribution in [0.4, 0.5) is 0 Å². The topological polar surface area (TPSA) is 153 Å². The summed E-state index contributed by atoms with van der Waals surface area (Å²) in [5, 5.41) is 9.84. The molecule has 6 aromatic rings. The fourth-order valence-electron chi connectivity index (χ4n) is 9.13. The van der Waals surface area contributed by atoms with Crippen molar-refractivity contribution in [2.45, 2.75) is 74.7 Å². The minimum atomic E-state index is -0.987. The number of nitrogens with zero attached hydrogens (tertiary/aromatic N) is 2. The van der Waals surface area contributed by atoms with Gasteiger partial charge in [-0.2, -0.15) is 0 Å². The third-order valence-corrected chi connectivity index (χ3v) is 12.5. The van der Waals surface area contributed by atoms with E-state index >= 15 is 0 Å². The molecule has 4 atom stereocenters. The third kappa shape index (κ3) is 14.8. The first-order valence-electron chi connectivity index (χ1n) is 23.2. The van der Waals surface area contributed by atoms with Crippen molar-refractivity contribution in [3.63, 3.8) is 0 Å². The van der Waals surface area contributed by atoms with Gasteiger partial charge in [0.05, 0.1) is 31.2 Å². The summed E-state index contributed by atoms with van der Waals surface area (Å²) < 4.78 is 17.2. The van der Waals surface area contributed by atoms with Crippen LogP contribution in [0.3, 0.4) is 0 Å². The second-order valence-corrected chi connectivity index (χ2v) is 17.0. The summed E-state index contributed by atoms with van der Waals surface area (Å²) in [4.78, 5) is 55.4. The monoisotopic (exact) mass is 924 g/mol. The molecule has 6 aromatic carbocycles. The summed E-state index contributed by atoms with van der Waals surface area (Å²) in [6, 6.07) is 57.4. The number of likely N-dealkylation sites (tertiary alicyclic amines) is 2. The number of hydrogen-bond donors (Lipinski definition) is 1. The SMILES string of the molecule is COC(=O)[C@H]1C[C@@H](OCCCc2ccccc2)CN1C(=O)C(c1ccccc1)c1ccccc1.O=C(O)[C@H]1C[C@@H](OCCCc2ccccc2)CN1C(=O)C(c1ccccc1)c1ccccc1.[Li+].[OH-]. The number of carboxylic acids is 1. The Hall–Kier alpha value is -6.32. The molecular formula is C57H61LiN2O9. The molecule has 0 radical (unpaired) electrons. The summed E-state index contributed by atoms with van der Waals surface area (Å²) in [7, 11) is 1.37. The van der Waals surface area contributed by atoms with Gasteiger partial charge in [0.1, 0.15) is 12.1 Å². The van der Waals surface area contributed by atoms with Gasteiger partial charge in [-0.1, -0.05) is 182 Å². The number of carbonyl (C=O) groups is 4. The molecule has 0 spiro atoms. The molecule has 2 aliphatic rings. The van der Waals surface area contributed by atoms with Crippen LogP contribution >= 0.6 is 0 Å². The Morgan fingerprint density at radius 2 is 0.812 bits per heavy atom. The van der Waals surface area contributed by atoms with Gasteiger partial charge in [-0.05, 0) is 59.1 Å². The summed E-state index contributed by atoms with van der Waals surface area (Å²) in [6.07, 6.45) is 3.84. The fraction of sp³-hybridized carbons (Fsp3) is 0.298. The quantitative estimate of drug-likeness (QED) is 0.0626. The minimum absolute atomic E-state index is 0. The molecule has 2 saturated heterocycles. The molecule has 0 aromatic heterocycles. The van der Waals surface area contributed by atoms with Crippen molar-refractivity contribution in [2.24, 2.45) is 0 Å². The molecule has 0 bridgehead atoms. The van der Waals surface area contributed by atoms with E-state index in [0.29, 0.717) is 32.6 Å². The Balaban J connectivity index is 0.000000250. The number of methoxy groups -OCH3 is 1. The molecule has 2 N–H and O–H groups in total. The van der Waals surface area contributed by atoms with Crippen molar-refractivity contribution >= 4 is 23.8 Å². The number of ether oxygens (including phenoxy) is 3. The Morgan fingerprint density at radius 3 is 1.13 bits per heavy atom. The Kier molecular flexibility index (Phi) is 21.5. The van der Waals surface area contributed by atoms with E-state index in [4.69, 9.17) is 14.2 Å². The molecule has 2 amide bonds. The van der Waals surface area contributed by atoms with Crippen LogP contribution in [0.1, 0.15) is 70.9 Å². The van der Waals surface area contributed by atoms with E-state index in [-0.39, 0.29) is 54.9 Å². The number of benzene rings is 6. The molecular weight excluding hydrogens is 864 g/mol. The number of aliphatic carboxylic acids is 1. The molecule has 2 aliphatic heterocycles. The standard InChI is InChI=1S/C29H31NO4.C28H29NO4.Li.H2O/c1-33-29(32)26-20-25(34-19-11-14-22-12-5-2-6-13-22)21-30(26)28(31)27(23-15-7-3-8-16-23)24-17-9-4-10-18-24;30-27(26(22-14-6-2-7-15-22)23-16-8-3-9-17-23)29-20-24(19-25(29)28(31)32)33-18-10-13-21-11-4-1-5-12-21;;/h2-10,12-13,15-18,25-27H,11,14,19-21H2,1H3;1-9,11-12,14-17,24-26H,10,13,18-20H2,(H,31,32);;1H2/q;;+1;/p-1/t25-,26-;24-,25-;;/m11../s1. The van der Waals surface area contributed by atoms with Crippen LogP contribution in [0.25, 0.3) is 0 Å². The van der Waals surface area contributed by atoms with E-state index in [1.165, 1.54) is 23.1 Å². The molecule has 0 saturated carbocycles. The van der Waals surface area contributed by atoms with E-state index in [1.54, 1.807) is 4.90 Å². The fourth-order valence-corrected chi connectivity index (χ4v) is 9.13. The third-order valence-electron chi connectivity index (χ3n) is 12.5. The first-order chi connectivity index (χ1) is 32.8. The van der Waals surface area contributed by atoms with Crippen LogP contribution in [-0.2, 0) is 46.2 Å². The van der Waals surface area contributed by atoms with Crippen LogP contribution in [0, 0.1) is 0 Å². The predicted molar refractivity (Wildman–Crippen MR) is 260 cm³/mol. The summed E-state index contributed by atoms with van der Waals surface area (Å²) in [5.74, 6) is -2.74. The molecule has 12 heteroatoms. The van der Waals surface area contributed by atoms with E-state index < -0.39 is 35.9 Å². The Morgan fingerprint density at radius 1 is 0.507 bits per heavy atom. The second-order valence-electron chi connectivity index (χ2n) is 17.0. The van der Waals surface area contributed by atoms with Gasteiger partial charge in [-0.25, -0.2) is 9.59 Å². The van der Waals surface area contributed by atoms with Gasteiger partial charge in [0, 0.05) is 39.1 Å². The van der Waals surface area contributed by atoms with Gasteiger partial charge >= 0.3 is 30.8 Å². The molecule has 69 heavy (non-hydrogen) atoms. The maximum absolute atomic E-state index is 13.9. The number of esters is 1. The Bertz CT molecular complexity index is 2370. The van der Waals surface area contributed by atoms with E-state index in [1.807, 2.05) is 158 Å². The number of amides is 2. The van der Waals surface area contributed by atoms with Crippen molar-refractivity contribution in [1.82, 2.24) is 9.80 Å². The summed E-state index contributed by atoms with van der Waals surface area (Å²) in [6.45, 7) is 1.78. The van der Waals surface area contributed by atoms with E-state index in [0.717, 1.165) is 47.9 Å². The van der Waals surface area contributed by atoms with Gasteiger partial charge in [0.25, 0.3) is 0 Å². The molecule has 0 unspecified atom stereocenters.